The summed E-state index contributed by atoms with van der Waals surface area (Å²) in [5, 5.41) is 4.28. The SMILES string of the molecule is CC(C)Oc1nccnc1N1CCCC1c1cnn(C)c1. The lowest BCUT2D eigenvalue weighted by Gasteiger charge is -2.26. The quantitative estimate of drug-likeness (QED) is 0.864. The van der Waals surface area contributed by atoms with Crippen molar-refractivity contribution in [3.8, 4) is 5.88 Å². The number of hydrogen-bond donors (Lipinski definition) is 0. The molecule has 1 atom stereocenters. The molecule has 6 nitrogen and oxygen atoms in total. The van der Waals surface area contributed by atoms with Crippen LogP contribution in [0.5, 0.6) is 5.88 Å². The first-order chi connectivity index (χ1) is 10.1. The number of anilines is 1. The Morgan fingerprint density at radius 2 is 2.10 bits per heavy atom. The van der Waals surface area contributed by atoms with Crippen LogP contribution in [-0.4, -0.2) is 32.4 Å². The molecule has 1 unspecified atom stereocenters. The lowest BCUT2D eigenvalue weighted by Crippen LogP contribution is -2.25. The van der Waals surface area contributed by atoms with Crippen LogP contribution in [0.25, 0.3) is 0 Å². The van der Waals surface area contributed by atoms with Gasteiger partial charge in [-0.25, -0.2) is 9.97 Å². The summed E-state index contributed by atoms with van der Waals surface area (Å²) >= 11 is 0. The molecule has 112 valence electrons. The van der Waals surface area contributed by atoms with Gasteiger partial charge in [-0.15, -0.1) is 0 Å². The zero-order valence-corrected chi connectivity index (χ0v) is 12.7. The summed E-state index contributed by atoms with van der Waals surface area (Å²) in [5.74, 6) is 1.45. The lowest BCUT2D eigenvalue weighted by molar-refractivity contribution is 0.232. The summed E-state index contributed by atoms with van der Waals surface area (Å²) in [7, 11) is 1.94. The molecule has 3 heterocycles. The van der Waals surface area contributed by atoms with Crippen LogP contribution in [-0.2, 0) is 7.05 Å². The monoisotopic (exact) mass is 287 g/mol. The first-order valence-electron chi connectivity index (χ1n) is 7.38. The fourth-order valence-corrected chi connectivity index (χ4v) is 2.80. The molecule has 1 fully saturated rings. The molecule has 0 amide bonds. The second-order valence-electron chi connectivity index (χ2n) is 5.65. The third-order valence-electron chi connectivity index (χ3n) is 3.63. The number of ether oxygens (including phenoxy) is 1. The maximum absolute atomic E-state index is 5.81. The summed E-state index contributed by atoms with van der Waals surface area (Å²) in [4.78, 5) is 11.1. The zero-order chi connectivity index (χ0) is 14.8. The average molecular weight is 287 g/mol. The van der Waals surface area contributed by atoms with Crippen LogP contribution in [0.3, 0.4) is 0 Å². The fourth-order valence-electron chi connectivity index (χ4n) is 2.80. The van der Waals surface area contributed by atoms with E-state index >= 15 is 0 Å². The number of aromatic nitrogens is 4. The van der Waals surface area contributed by atoms with Crippen molar-refractivity contribution in [2.75, 3.05) is 11.4 Å². The van der Waals surface area contributed by atoms with E-state index in [0.717, 1.165) is 25.2 Å². The van der Waals surface area contributed by atoms with Gasteiger partial charge in [-0.1, -0.05) is 0 Å². The highest BCUT2D eigenvalue weighted by Crippen LogP contribution is 2.38. The van der Waals surface area contributed by atoms with Crippen molar-refractivity contribution in [2.24, 2.45) is 7.05 Å². The van der Waals surface area contributed by atoms with Gasteiger partial charge in [0.25, 0.3) is 5.88 Å². The molecule has 0 spiro atoms. The van der Waals surface area contributed by atoms with Gasteiger partial charge >= 0.3 is 0 Å². The largest absolute Gasteiger partial charge is 0.472 e. The van der Waals surface area contributed by atoms with E-state index in [-0.39, 0.29) is 6.10 Å². The van der Waals surface area contributed by atoms with Crippen molar-refractivity contribution in [1.29, 1.82) is 0 Å². The van der Waals surface area contributed by atoms with Crippen LogP contribution in [0.2, 0.25) is 0 Å². The minimum atomic E-state index is 0.0832. The minimum absolute atomic E-state index is 0.0832. The van der Waals surface area contributed by atoms with Gasteiger partial charge in [0.2, 0.25) is 0 Å². The van der Waals surface area contributed by atoms with Crippen molar-refractivity contribution in [3.63, 3.8) is 0 Å². The van der Waals surface area contributed by atoms with Gasteiger partial charge in [0.05, 0.1) is 18.3 Å². The zero-order valence-electron chi connectivity index (χ0n) is 12.7. The Labute approximate surface area is 124 Å². The molecule has 0 aliphatic carbocycles. The third-order valence-corrected chi connectivity index (χ3v) is 3.63. The Morgan fingerprint density at radius 3 is 2.81 bits per heavy atom. The van der Waals surface area contributed by atoms with E-state index < -0.39 is 0 Å². The molecular weight excluding hydrogens is 266 g/mol. The molecule has 0 aromatic carbocycles. The smallest absolute Gasteiger partial charge is 0.257 e. The molecule has 0 radical (unpaired) electrons. The van der Waals surface area contributed by atoms with E-state index in [1.54, 1.807) is 12.4 Å². The lowest BCUT2D eigenvalue weighted by atomic mass is 10.1. The van der Waals surface area contributed by atoms with Crippen molar-refractivity contribution in [2.45, 2.75) is 38.8 Å². The van der Waals surface area contributed by atoms with E-state index in [1.807, 2.05) is 31.8 Å². The Bertz CT molecular complexity index is 610. The molecule has 0 N–H and O–H groups in total. The van der Waals surface area contributed by atoms with Crippen molar-refractivity contribution < 1.29 is 4.74 Å². The van der Waals surface area contributed by atoms with E-state index in [2.05, 4.69) is 26.2 Å². The van der Waals surface area contributed by atoms with Crippen molar-refractivity contribution >= 4 is 5.82 Å². The molecule has 21 heavy (non-hydrogen) atoms. The first-order valence-corrected chi connectivity index (χ1v) is 7.38. The van der Waals surface area contributed by atoms with Crippen LogP contribution < -0.4 is 9.64 Å². The second kappa shape index (κ2) is 5.71. The molecule has 0 bridgehead atoms. The maximum Gasteiger partial charge on any atom is 0.257 e. The normalized spacial score (nSPS) is 18.5. The van der Waals surface area contributed by atoms with Crippen LogP contribution in [0.4, 0.5) is 5.82 Å². The minimum Gasteiger partial charge on any atom is -0.472 e. The number of hydrogen-bond acceptors (Lipinski definition) is 5. The summed E-state index contributed by atoms with van der Waals surface area (Å²) in [5.41, 5.74) is 1.22. The molecule has 2 aromatic heterocycles. The van der Waals surface area contributed by atoms with E-state index in [9.17, 15) is 0 Å². The van der Waals surface area contributed by atoms with Gasteiger partial charge in [-0.2, -0.15) is 5.10 Å². The standard InChI is InChI=1S/C15H21N5O/c1-11(2)21-15-14(16-6-7-17-15)20-8-4-5-13(20)12-9-18-19(3)10-12/h6-7,9-11,13H,4-5,8H2,1-3H3. The number of rotatable bonds is 4. The van der Waals surface area contributed by atoms with Gasteiger partial charge in [-0.3, -0.25) is 4.68 Å². The van der Waals surface area contributed by atoms with Crippen LogP contribution in [0, 0.1) is 0 Å². The molecule has 1 aliphatic heterocycles. The average Bonchev–Trinajstić information content (AvgIpc) is 3.07. The van der Waals surface area contributed by atoms with Crippen LogP contribution in [0.15, 0.2) is 24.8 Å². The summed E-state index contributed by atoms with van der Waals surface area (Å²) in [6.45, 7) is 4.97. The molecule has 1 saturated heterocycles. The Hall–Kier alpha value is -2.11. The molecular formula is C15H21N5O. The molecule has 3 rings (SSSR count). The highest BCUT2D eigenvalue weighted by atomic mass is 16.5. The Morgan fingerprint density at radius 1 is 1.29 bits per heavy atom. The second-order valence-corrected chi connectivity index (χ2v) is 5.65. The Balaban J connectivity index is 1.92. The van der Waals surface area contributed by atoms with Crippen LogP contribution in [0.1, 0.15) is 38.3 Å². The molecule has 1 aliphatic rings. The molecule has 0 saturated carbocycles. The van der Waals surface area contributed by atoms with E-state index in [4.69, 9.17) is 4.74 Å². The predicted octanol–water partition coefficient (Wildman–Crippen LogP) is 2.34. The number of aryl methyl sites for hydroxylation is 1. The van der Waals surface area contributed by atoms with Crippen molar-refractivity contribution in [3.05, 3.63) is 30.4 Å². The summed E-state index contributed by atoms with van der Waals surface area (Å²) < 4.78 is 7.65. The van der Waals surface area contributed by atoms with Crippen LogP contribution >= 0.6 is 0 Å². The number of nitrogens with zero attached hydrogens (tertiary/aromatic N) is 5. The maximum atomic E-state index is 5.81. The third kappa shape index (κ3) is 2.84. The first kappa shape index (κ1) is 13.9. The van der Waals surface area contributed by atoms with Gasteiger partial charge in [0, 0.05) is 37.7 Å². The summed E-state index contributed by atoms with van der Waals surface area (Å²) in [6.07, 6.45) is 9.72. The van der Waals surface area contributed by atoms with Gasteiger partial charge in [0.1, 0.15) is 0 Å². The predicted molar refractivity (Wildman–Crippen MR) is 80.3 cm³/mol. The highest BCUT2D eigenvalue weighted by molar-refractivity contribution is 5.51. The van der Waals surface area contributed by atoms with Crippen molar-refractivity contribution in [1.82, 2.24) is 19.7 Å². The van der Waals surface area contributed by atoms with Gasteiger partial charge < -0.3 is 9.64 Å². The highest BCUT2D eigenvalue weighted by Gasteiger charge is 2.30. The molecule has 6 heteroatoms. The fraction of sp³-hybridized carbons (Fsp3) is 0.533. The topological polar surface area (TPSA) is 56.1 Å². The Kier molecular flexibility index (Phi) is 3.77. The summed E-state index contributed by atoms with van der Waals surface area (Å²) in [6, 6.07) is 0.296. The van der Waals surface area contributed by atoms with E-state index in [0.29, 0.717) is 11.9 Å². The van der Waals surface area contributed by atoms with Gasteiger partial charge in [0.15, 0.2) is 5.82 Å². The molecule has 2 aromatic rings. The van der Waals surface area contributed by atoms with Gasteiger partial charge in [-0.05, 0) is 26.7 Å². The van der Waals surface area contributed by atoms with E-state index in [1.165, 1.54) is 5.56 Å².